The monoisotopic (exact) mass is 387 g/mol. The average molecular weight is 387 g/mol. The zero-order valence-corrected chi connectivity index (χ0v) is 15.8. The van der Waals surface area contributed by atoms with Gasteiger partial charge in [-0.05, 0) is 49.2 Å². The molecule has 7 heteroatoms. The molecule has 0 bridgehead atoms. The maximum Gasteiger partial charge on any atom is 0.274 e. The molecule has 1 aromatic heterocycles. The van der Waals surface area contributed by atoms with Crippen molar-refractivity contribution in [3.05, 3.63) is 77.6 Å². The summed E-state index contributed by atoms with van der Waals surface area (Å²) in [5.74, 6) is -2.83. The van der Waals surface area contributed by atoms with Gasteiger partial charge in [0, 0.05) is 31.4 Å². The van der Waals surface area contributed by atoms with E-state index in [0.717, 1.165) is 12.1 Å². The first-order valence-electron chi connectivity index (χ1n) is 8.79. The summed E-state index contributed by atoms with van der Waals surface area (Å²) >= 11 is 0. The first kappa shape index (κ1) is 19.7. The largest absolute Gasteiger partial charge is 0.340 e. The molecule has 0 saturated carbocycles. The van der Waals surface area contributed by atoms with Crippen molar-refractivity contribution < 1.29 is 18.0 Å². The third kappa shape index (κ3) is 4.08. The molecule has 0 aliphatic rings. The van der Waals surface area contributed by atoms with Gasteiger partial charge in [-0.3, -0.25) is 4.79 Å². The van der Waals surface area contributed by atoms with E-state index >= 15 is 0 Å². The van der Waals surface area contributed by atoms with Gasteiger partial charge in [-0.2, -0.15) is 0 Å². The quantitative estimate of drug-likeness (QED) is 0.644. The van der Waals surface area contributed by atoms with Crippen LogP contribution in [0.4, 0.5) is 13.2 Å². The van der Waals surface area contributed by atoms with Gasteiger partial charge in [0.1, 0.15) is 11.5 Å². The number of aryl methyl sites for hydroxylation is 1. The van der Waals surface area contributed by atoms with Crippen LogP contribution in [0.3, 0.4) is 0 Å². The molecule has 0 aliphatic carbocycles. The smallest absolute Gasteiger partial charge is 0.274 e. The number of rotatable bonds is 5. The lowest BCUT2D eigenvalue weighted by Gasteiger charge is -2.26. The Morgan fingerprint density at radius 2 is 1.79 bits per heavy atom. The molecule has 0 atom stereocenters. The lowest BCUT2D eigenvalue weighted by atomic mass is 10.0. The molecule has 1 heterocycles. The topological polar surface area (TPSA) is 38.1 Å². The molecular weight excluding hydrogens is 367 g/mol. The summed E-state index contributed by atoms with van der Waals surface area (Å²) < 4.78 is 42.7. The van der Waals surface area contributed by atoms with Crippen LogP contribution in [0.2, 0.25) is 0 Å². The van der Waals surface area contributed by atoms with E-state index in [0.29, 0.717) is 11.3 Å². The highest BCUT2D eigenvalue weighted by atomic mass is 19.2. The number of hydrogen-bond acceptors (Lipinski definition) is 2. The van der Waals surface area contributed by atoms with Crippen LogP contribution in [-0.4, -0.2) is 26.4 Å². The second kappa shape index (κ2) is 7.88. The van der Waals surface area contributed by atoms with Crippen molar-refractivity contribution in [3.63, 3.8) is 0 Å². The van der Waals surface area contributed by atoms with Crippen LogP contribution in [0.15, 0.2) is 48.9 Å². The molecule has 146 valence electrons. The summed E-state index contributed by atoms with van der Waals surface area (Å²) in [6.45, 7) is 3.98. The molecule has 0 saturated heterocycles. The van der Waals surface area contributed by atoms with Crippen molar-refractivity contribution in [3.8, 4) is 11.1 Å². The number of benzene rings is 2. The number of hydrogen-bond donors (Lipinski definition) is 0. The van der Waals surface area contributed by atoms with Crippen molar-refractivity contribution in [2.24, 2.45) is 7.05 Å². The van der Waals surface area contributed by atoms with Gasteiger partial charge in [-0.1, -0.05) is 12.1 Å². The van der Waals surface area contributed by atoms with Gasteiger partial charge in [0.05, 0.1) is 6.33 Å². The van der Waals surface area contributed by atoms with Crippen molar-refractivity contribution in [1.29, 1.82) is 0 Å². The Hall–Kier alpha value is -3.09. The van der Waals surface area contributed by atoms with Gasteiger partial charge in [-0.25, -0.2) is 18.2 Å². The van der Waals surface area contributed by atoms with E-state index in [1.54, 1.807) is 41.2 Å². The van der Waals surface area contributed by atoms with E-state index in [4.69, 9.17) is 0 Å². The lowest BCUT2D eigenvalue weighted by Crippen LogP contribution is -2.36. The van der Waals surface area contributed by atoms with Crippen LogP contribution in [0.1, 0.15) is 29.9 Å². The molecule has 1 amide bonds. The van der Waals surface area contributed by atoms with Crippen molar-refractivity contribution in [1.82, 2.24) is 14.5 Å². The third-order valence-electron chi connectivity index (χ3n) is 4.42. The molecule has 0 N–H and O–H groups in total. The van der Waals surface area contributed by atoms with Crippen LogP contribution in [0.25, 0.3) is 11.1 Å². The summed E-state index contributed by atoms with van der Waals surface area (Å²) in [6, 6.07) is 7.49. The molecule has 0 spiro atoms. The summed E-state index contributed by atoms with van der Waals surface area (Å²) in [5, 5.41) is 0. The minimum absolute atomic E-state index is 0.119. The fourth-order valence-corrected chi connectivity index (χ4v) is 2.91. The number of amides is 1. The molecule has 4 nitrogen and oxygen atoms in total. The van der Waals surface area contributed by atoms with E-state index in [-0.39, 0.29) is 29.6 Å². The van der Waals surface area contributed by atoms with Gasteiger partial charge in [0.25, 0.3) is 5.91 Å². The summed E-state index contributed by atoms with van der Waals surface area (Å²) in [6.07, 6.45) is 3.18. The van der Waals surface area contributed by atoms with Crippen molar-refractivity contribution in [2.75, 3.05) is 0 Å². The minimum atomic E-state index is -1.04. The highest BCUT2D eigenvalue weighted by Crippen LogP contribution is 2.26. The Kier molecular flexibility index (Phi) is 5.53. The van der Waals surface area contributed by atoms with Crippen LogP contribution in [-0.2, 0) is 13.6 Å². The van der Waals surface area contributed by atoms with Crippen molar-refractivity contribution >= 4 is 5.91 Å². The Labute approximate surface area is 161 Å². The average Bonchev–Trinajstić information content (AvgIpc) is 3.09. The van der Waals surface area contributed by atoms with Crippen LogP contribution in [0.5, 0.6) is 0 Å². The maximum atomic E-state index is 14.3. The number of imidazole rings is 1. The highest BCUT2D eigenvalue weighted by molar-refractivity contribution is 5.92. The molecular formula is C21H20F3N3O. The van der Waals surface area contributed by atoms with Crippen molar-refractivity contribution in [2.45, 2.75) is 26.4 Å². The molecule has 0 fully saturated rings. The minimum Gasteiger partial charge on any atom is -0.340 e. The summed E-state index contributed by atoms with van der Waals surface area (Å²) in [7, 11) is 1.78. The van der Waals surface area contributed by atoms with E-state index in [1.165, 1.54) is 12.1 Å². The molecule has 3 rings (SSSR count). The first-order chi connectivity index (χ1) is 13.3. The van der Waals surface area contributed by atoms with Gasteiger partial charge in [0.2, 0.25) is 0 Å². The molecule has 0 aliphatic heterocycles. The predicted molar refractivity (Wildman–Crippen MR) is 100.0 cm³/mol. The van der Waals surface area contributed by atoms with E-state index in [9.17, 15) is 18.0 Å². The maximum absolute atomic E-state index is 14.3. The van der Waals surface area contributed by atoms with Gasteiger partial charge < -0.3 is 9.47 Å². The molecule has 3 aromatic rings. The number of aromatic nitrogens is 2. The highest BCUT2D eigenvalue weighted by Gasteiger charge is 2.21. The van der Waals surface area contributed by atoms with Gasteiger partial charge >= 0.3 is 0 Å². The lowest BCUT2D eigenvalue weighted by molar-refractivity contribution is 0.0684. The third-order valence-corrected chi connectivity index (χ3v) is 4.42. The number of carbonyl (C=O) groups is 1. The summed E-state index contributed by atoms with van der Waals surface area (Å²) in [5.41, 5.74) is 1.36. The van der Waals surface area contributed by atoms with E-state index in [1.807, 2.05) is 13.8 Å². The normalized spacial score (nSPS) is 11.1. The SMILES string of the molecule is CC(C)N(Cc1ccc(F)c(-c2ccc(F)c(F)c2)c1)C(=O)c1cn(C)cn1. The second-order valence-electron chi connectivity index (χ2n) is 6.89. The molecule has 0 unspecified atom stereocenters. The van der Waals surface area contributed by atoms with E-state index < -0.39 is 17.5 Å². The molecule has 28 heavy (non-hydrogen) atoms. The molecule has 0 radical (unpaired) electrons. The first-order valence-corrected chi connectivity index (χ1v) is 8.79. The fourth-order valence-electron chi connectivity index (χ4n) is 2.91. The van der Waals surface area contributed by atoms with E-state index in [2.05, 4.69) is 4.98 Å². The fraction of sp³-hybridized carbons (Fsp3) is 0.238. The number of carbonyl (C=O) groups excluding carboxylic acids is 1. The van der Waals surface area contributed by atoms with Crippen LogP contribution >= 0.6 is 0 Å². The zero-order chi connectivity index (χ0) is 20.4. The Balaban J connectivity index is 1.92. The molecule has 2 aromatic carbocycles. The van der Waals surface area contributed by atoms with Gasteiger partial charge in [-0.15, -0.1) is 0 Å². The Morgan fingerprint density at radius 1 is 1.07 bits per heavy atom. The van der Waals surface area contributed by atoms with Gasteiger partial charge in [0.15, 0.2) is 11.6 Å². The summed E-state index contributed by atoms with van der Waals surface area (Å²) in [4.78, 5) is 18.5. The van der Waals surface area contributed by atoms with Crippen LogP contribution < -0.4 is 0 Å². The standard InChI is InChI=1S/C21H20F3N3O/c1-13(2)27(21(28)20-11-26(3)12-25-20)10-14-4-6-17(22)16(8-14)15-5-7-18(23)19(24)9-15/h4-9,11-13H,10H2,1-3H3. The Morgan fingerprint density at radius 3 is 2.39 bits per heavy atom. The zero-order valence-electron chi connectivity index (χ0n) is 15.8. The number of halogens is 3. The van der Waals surface area contributed by atoms with Crippen LogP contribution in [0, 0.1) is 17.5 Å². The predicted octanol–water partition coefficient (Wildman–Crippen LogP) is 4.56. The second-order valence-corrected chi connectivity index (χ2v) is 6.89. The Bertz CT molecular complexity index is 1010. The number of nitrogens with zero attached hydrogens (tertiary/aromatic N) is 3.